The van der Waals surface area contributed by atoms with E-state index in [0.717, 1.165) is 16.2 Å². The number of ether oxygens (including phenoxy) is 1. The minimum Gasteiger partial charge on any atom is -0.485 e. The van der Waals surface area contributed by atoms with E-state index >= 15 is 0 Å². The first-order valence-corrected chi connectivity index (χ1v) is 9.67. The molecule has 0 saturated carbocycles. The van der Waals surface area contributed by atoms with Gasteiger partial charge in [0.25, 0.3) is 0 Å². The monoisotopic (exact) mass is 407 g/mol. The Hall–Kier alpha value is -1.89. The number of fused-ring (bicyclic) bond motifs is 2. The molecule has 0 aliphatic carbocycles. The molecule has 0 radical (unpaired) electrons. The van der Waals surface area contributed by atoms with Crippen LogP contribution in [0.25, 0.3) is 5.65 Å². The summed E-state index contributed by atoms with van der Waals surface area (Å²) in [6.07, 6.45) is 3.84. The third kappa shape index (κ3) is 2.92. The van der Waals surface area contributed by atoms with Gasteiger partial charge in [0.2, 0.25) is 5.91 Å². The molecule has 1 amide bonds. The fourth-order valence-corrected chi connectivity index (χ4v) is 4.78. The molecule has 0 spiro atoms. The van der Waals surface area contributed by atoms with Crippen molar-refractivity contribution in [3.8, 4) is 5.75 Å². The number of aryl methyl sites for hydroxylation is 1. The molecule has 0 atom stereocenters. The minimum absolute atomic E-state index is 0.0104. The second-order valence-electron chi connectivity index (χ2n) is 6.01. The Morgan fingerprint density at radius 3 is 3.00 bits per heavy atom. The van der Waals surface area contributed by atoms with Crippen LogP contribution in [-0.2, 0) is 11.4 Å². The zero-order valence-electron chi connectivity index (χ0n) is 14.1. The molecule has 3 aromatic rings. The van der Waals surface area contributed by atoms with E-state index in [1.165, 1.54) is 11.8 Å². The lowest BCUT2D eigenvalue weighted by atomic mass is 10.2. The van der Waals surface area contributed by atoms with Gasteiger partial charge in [-0.25, -0.2) is 4.98 Å². The first-order chi connectivity index (χ1) is 12.5. The van der Waals surface area contributed by atoms with Gasteiger partial charge in [-0.05, 0) is 25.1 Å². The average molecular weight is 408 g/mol. The summed E-state index contributed by atoms with van der Waals surface area (Å²) in [5.41, 5.74) is 2.98. The molecule has 3 heterocycles. The molecular weight excluding hydrogens is 393 g/mol. The SMILES string of the molecule is Cc1cn2cccc(OCc3c(Cl)cc4c(c3Cl)N(C)C(=O)CS4)c2n1. The number of nitrogens with zero attached hydrogens (tertiary/aromatic N) is 3. The molecule has 0 N–H and O–H groups in total. The number of hydrogen-bond donors (Lipinski definition) is 0. The van der Waals surface area contributed by atoms with Crippen molar-refractivity contribution in [3.05, 3.63) is 51.9 Å². The average Bonchev–Trinajstić information content (AvgIpc) is 2.98. The van der Waals surface area contributed by atoms with Crippen LogP contribution in [0.3, 0.4) is 0 Å². The number of carbonyl (C=O) groups is 1. The van der Waals surface area contributed by atoms with Crippen LogP contribution in [0.4, 0.5) is 5.69 Å². The number of aromatic nitrogens is 2. The summed E-state index contributed by atoms with van der Waals surface area (Å²) in [7, 11) is 1.72. The number of benzene rings is 1. The van der Waals surface area contributed by atoms with Crippen molar-refractivity contribution >= 4 is 52.2 Å². The predicted octanol–water partition coefficient (Wildman–Crippen LogP) is 4.60. The normalized spacial score (nSPS) is 14.0. The first kappa shape index (κ1) is 17.5. The van der Waals surface area contributed by atoms with Gasteiger partial charge in [0.1, 0.15) is 6.61 Å². The summed E-state index contributed by atoms with van der Waals surface area (Å²) in [6.45, 7) is 2.11. The molecule has 2 aromatic heterocycles. The molecule has 0 fully saturated rings. The van der Waals surface area contributed by atoms with Gasteiger partial charge < -0.3 is 14.0 Å². The summed E-state index contributed by atoms with van der Waals surface area (Å²) < 4.78 is 7.88. The standard InChI is InChI=1S/C18H15Cl2N3O2S/c1-10-7-23-5-3-4-13(18(23)21-10)25-8-11-12(19)6-14-17(16(11)20)22(2)15(24)9-26-14/h3-7H,8-9H2,1-2H3. The van der Waals surface area contributed by atoms with Crippen molar-refractivity contribution in [2.45, 2.75) is 18.4 Å². The Bertz CT molecular complexity index is 1030. The Morgan fingerprint density at radius 1 is 1.38 bits per heavy atom. The van der Waals surface area contributed by atoms with Gasteiger partial charge in [0.05, 0.1) is 22.2 Å². The van der Waals surface area contributed by atoms with E-state index in [-0.39, 0.29) is 12.5 Å². The molecule has 1 aliphatic heterocycles. The van der Waals surface area contributed by atoms with Gasteiger partial charge in [-0.15, -0.1) is 11.8 Å². The van der Waals surface area contributed by atoms with Crippen molar-refractivity contribution in [1.29, 1.82) is 0 Å². The molecular formula is C18H15Cl2N3O2S. The topological polar surface area (TPSA) is 46.8 Å². The van der Waals surface area contributed by atoms with E-state index < -0.39 is 0 Å². The Labute approximate surface area is 164 Å². The third-order valence-corrected chi connectivity index (χ3v) is 6.01. The Balaban J connectivity index is 1.69. The number of pyridine rings is 1. The summed E-state index contributed by atoms with van der Waals surface area (Å²) in [5, 5.41) is 0.970. The van der Waals surface area contributed by atoms with E-state index in [0.29, 0.717) is 32.8 Å². The van der Waals surface area contributed by atoms with Crippen LogP contribution in [0, 0.1) is 6.92 Å². The number of imidazole rings is 1. The van der Waals surface area contributed by atoms with Gasteiger partial charge in [-0.3, -0.25) is 4.79 Å². The van der Waals surface area contributed by atoms with Crippen LogP contribution >= 0.6 is 35.0 Å². The van der Waals surface area contributed by atoms with Gasteiger partial charge >= 0.3 is 0 Å². The predicted molar refractivity (Wildman–Crippen MR) is 105 cm³/mol. The van der Waals surface area contributed by atoms with Crippen LogP contribution in [0.5, 0.6) is 5.75 Å². The first-order valence-electron chi connectivity index (χ1n) is 7.93. The van der Waals surface area contributed by atoms with Crippen LogP contribution in [0.2, 0.25) is 10.0 Å². The number of rotatable bonds is 3. The van der Waals surface area contributed by atoms with Gasteiger partial charge in [-0.2, -0.15) is 0 Å². The summed E-state index contributed by atoms with van der Waals surface area (Å²) >= 11 is 14.5. The highest BCUT2D eigenvalue weighted by Crippen LogP contribution is 2.44. The second kappa shape index (κ2) is 6.68. The number of halogens is 2. The molecule has 0 bridgehead atoms. The lowest BCUT2D eigenvalue weighted by molar-refractivity contribution is -0.116. The lowest BCUT2D eigenvalue weighted by Gasteiger charge is -2.27. The number of thioether (sulfide) groups is 1. The molecule has 1 aromatic carbocycles. The lowest BCUT2D eigenvalue weighted by Crippen LogP contribution is -2.31. The van der Waals surface area contributed by atoms with E-state index in [1.807, 2.05) is 41.9 Å². The van der Waals surface area contributed by atoms with Crippen molar-refractivity contribution in [3.63, 3.8) is 0 Å². The van der Waals surface area contributed by atoms with Crippen LogP contribution in [-0.4, -0.2) is 28.1 Å². The van der Waals surface area contributed by atoms with Crippen molar-refractivity contribution < 1.29 is 9.53 Å². The largest absolute Gasteiger partial charge is 0.485 e. The van der Waals surface area contributed by atoms with Crippen molar-refractivity contribution in [2.24, 2.45) is 0 Å². The highest BCUT2D eigenvalue weighted by molar-refractivity contribution is 8.00. The molecule has 134 valence electrons. The maximum absolute atomic E-state index is 12.0. The molecule has 4 rings (SSSR count). The number of carbonyl (C=O) groups excluding carboxylic acids is 1. The summed E-state index contributed by atoms with van der Waals surface area (Å²) in [5.74, 6) is 1.04. The summed E-state index contributed by atoms with van der Waals surface area (Å²) in [6, 6.07) is 5.59. The quantitative estimate of drug-likeness (QED) is 0.636. The van der Waals surface area contributed by atoms with E-state index in [2.05, 4.69) is 4.98 Å². The molecule has 26 heavy (non-hydrogen) atoms. The van der Waals surface area contributed by atoms with Gasteiger partial charge in [0, 0.05) is 34.9 Å². The van der Waals surface area contributed by atoms with Gasteiger partial charge in [0.15, 0.2) is 11.4 Å². The maximum atomic E-state index is 12.0. The van der Waals surface area contributed by atoms with Crippen molar-refractivity contribution in [2.75, 3.05) is 17.7 Å². The molecule has 8 heteroatoms. The fourth-order valence-electron chi connectivity index (χ4n) is 2.91. The minimum atomic E-state index is 0.0104. The summed E-state index contributed by atoms with van der Waals surface area (Å²) in [4.78, 5) is 19.0. The second-order valence-corrected chi connectivity index (χ2v) is 7.82. The Morgan fingerprint density at radius 2 is 2.19 bits per heavy atom. The maximum Gasteiger partial charge on any atom is 0.237 e. The molecule has 5 nitrogen and oxygen atoms in total. The van der Waals surface area contributed by atoms with Gasteiger partial charge in [-0.1, -0.05) is 23.2 Å². The highest BCUT2D eigenvalue weighted by atomic mass is 35.5. The van der Waals surface area contributed by atoms with E-state index in [9.17, 15) is 4.79 Å². The molecule has 0 saturated heterocycles. The third-order valence-electron chi connectivity index (χ3n) is 4.25. The zero-order valence-corrected chi connectivity index (χ0v) is 16.5. The van der Waals surface area contributed by atoms with Crippen LogP contribution in [0.15, 0.2) is 35.5 Å². The zero-order chi connectivity index (χ0) is 18.4. The van der Waals surface area contributed by atoms with E-state index in [4.69, 9.17) is 27.9 Å². The van der Waals surface area contributed by atoms with Crippen molar-refractivity contribution in [1.82, 2.24) is 9.38 Å². The molecule has 0 unspecified atom stereocenters. The smallest absolute Gasteiger partial charge is 0.237 e. The Kier molecular flexibility index (Phi) is 4.50. The number of anilines is 1. The fraction of sp³-hybridized carbons (Fsp3) is 0.222. The van der Waals surface area contributed by atoms with E-state index in [1.54, 1.807) is 11.9 Å². The number of amides is 1. The van der Waals surface area contributed by atoms with Crippen LogP contribution in [0.1, 0.15) is 11.3 Å². The van der Waals surface area contributed by atoms with Crippen LogP contribution < -0.4 is 9.64 Å². The highest BCUT2D eigenvalue weighted by Gasteiger charge is 2.27. The molecule has 1 aliphatic rings. The number of hydrogen-bond acceptors (Lipinski definition) is 4.